The van der Waals surface area contributed by atoms with Gasteiger partial charge < -0.3 is 20.5 Å². The third kappa shape index (κ3) is 4.48. The van der Waals surface area contributed by atoms with Crippen molar-refractivity contribution in [3.8, 4) is 11.5 Å². The molecule has 140 valence electrons. The van der Waals surface area contributed by atoms with E-state index in [9.17, 15) is 0 Å². The zero-order valence-corrected chi connectivity index (χ0v) is 15.8. The summed E-state index contributed by atoms with van der Waals surface area (Å²) < 4.78 is 10.6. The van der Waals surface area contributed by atoms with Gasteiger partial charge in [0, 0.05) is 13.1 Å². The number of hydrogen-bond acceptors (Lipinski definition) is 4. The predicted molar refractivity (Wildman–Crippen MR) is 109 cm³/mol. The molecule has 0 heterocycles. The molecule has 3 N–H and O–H groups in total. The van der Waals surface area contributed by atoms with E-state index in [0.29, 0.717) is 6.54 Å². The molecule has 3 aromatic carbocycles. The summed E-state index contributed by atoms with van der Waals surface area (Å²) in [5.74, 6) is 1.63. The summed E-state index contributed by atoms with van der Waals surface area (Å²) in [6.07, 6.45) is 0. The van der Waals surface area contributed by atoms with E-state index in [0.717, 1.165) is 29.2 Å². The van der Waals surface area contributed by atoms with Crippen LogP contribution in [0.2, 0.25) is 0 Å². The van der Waals surface area contributed by atoms with Crippen LogP contribution in [0.15, 0.2) is 78.9 Å². The zero-order chi connectivity index (χ0) is 19.1. The quantitative estimate of drug-likeness (QED) is 0.642. The van der Waals surface area contributed by atoms with E-state index >= 15 is 0 Å². The summed E-state index contributed by atoms with van der Waals surface area (Å²) in [5.41, 5.74) is 9.54. The minimum absolute atomic E-state index is 0.598. The molecule has 0 atom stereocenters. The maximum Gasteiger partial charge on any atom is 0.118 e. The molecule has 0 aliphatic rings. The highest BCUT2D eigenvalue weighted by Gasteiger charge is 2.29. The lowest BCUT2D eigenvalue weighted by Crippen LogP contribution is -2.46. The van der Waals surface area contributed by atoms with Gasteiger partial charge in [0.15, 0.2) is 0 Å². The Hall–Kier alpha value is -2.82. The van der Waals surface area contributed by atoms with Gasteiger partial charge in [0.2, 0.25) is 0 Å². The van der Waals surface area contributed by atoms with Gasteiger partial charge in [-0.3, -0.25) is 0 Å². The number of methoxy groups -OCH3 is 2. The average molecular weight is 362 g/mol. The fraction of sp³-hybridized carbons (Fsp3) is 0.217. The Morgan fingerprint density at radius 3 is 1.67 bits per heavy atom. The lowest BCUT2D eigenvalue weighted by Gasteiger charge is -2.31. The van der Waals surface area contributed by atoms with Crippen molar-refractivity contribution in [2.45, 2.75) is 12.1 Å². The van der Waals surface area contributed by atoms with Gasteiger partial charge in [0.1, 0.15) is 11.5 Å². The first-order chi connectivity index (χ1) is 13.2. The van der Waals surface area contributed by atoms with Crippen molar-refractivity contribution in [2.75, 3.05) is 20.8 Å². The standard InChI is InChI=1S/C23H26N2O2/c1-26-21-12-8-19(9-13-21)23(24,20-10-14-22(27-2)15-11-20)17-25-16-18-6-4-3-5-7-18/h3-15,25H,16-17,24H2,1-2H3. The smallest absolute Gasteiger partial charge is 0.118 e. The third-order valence-corrected chi connectivity index (χ3v) is 4.79. The summed E-state index contributed by atoms with van der Waals surface area (Å²) in [6, 6.07) is 26.2. The Kier molecular flexibility index (Phi) is 6.12. The van der Waals surface area contributed by atoms with Crippen molar-refractivity contribution in [2.24, 2.45) is 5.73 Å². The number of nitrogens with two attached hydrogens (primary N) is 1. The minimum Gasteiger partial charge on any atom is -0.497 e. The Morgan fingerprint density at radius 2 is 1.22 bits per heavy atom. The number of hydrogen-bond donors (Lipinski definition) is 2. The lowest BCUT2D eigenvalue weighted by atomic mass is 9.83. The van der Waals surface area contributed by atoms with Crippen molar-refractivity contribution >= 4 is 0 Å². The van der Waals surface area contributed by atoms with Gasteiger partial charge in [0.25, 0.3) is 0 Å². The highest BCUT2D eigenvalue weighted by Crippen LogP contribution is 2.29. The molecule has 0 fully saturated rings. The van der Waals surface area contributed by atoms with Gasteiger partial charge in [0.05, 0.1) is 19.8 Å². The van der Waals surface area contributed by atoms with Crippen molar-refractivity contribution in [3.63, 3.8) is 0 Å². The Morgan fingerprint density at radius 1 is 0.741 bits per heavy atom. The van der Waals surface area contributed by atoms with Crippen molar-refractivity contribution in [1.82, 2.24) is 5.32 Å². The van der Waals surface area contributed by atoms with Crippen LogP contribution in [0.1, 0.15) is 16.7 Å². The summed E-state index contributed by atoms with van der Waals surface area (Å²) in [6.45, 7) is 1.35. The Balaban J connectivity index is 1.86. The van der Waals surface area contributed by atoms with Crippen LogP contribution in [0, 0.1) is 0 Å². The third-order valence-electron chi connectivity index (χ3n) is 4.79. The monoisotopic (exact) mass is 362 g/mol. The second-order valence-corrected chi connectivity index (χ2v) is 6.52. The fourth-order valence-corrected chi connectivity index (χ4v) is 3.15. The maximum atomic E-state index is 6.94. The summed E-state index contributed by atoms with van der Waals surface area (Å²) in [4.78, 5) is 0. The molecule has 0 amide bonds. The van der Waals surface area contributed by atoms with Crippen LogP contribution in [0.5, 0.6) is 11.5 Å². The molecule has 27 heavy (non-hydrogen) atoms. The van der Waals surface area contributed by atoms with Crippen molar-refractivity contribution in [3.05, 3.63) is 95.6 Å². The van der Waals surface area contributed by atoms with Crippen LogP contribution in [-0.2, 0) is 12.1 Å². The molecule has 3 rings (SSSR count). The normalized spacial score (nSPS) is 11.2. The van der Waals surface area contributed by atoms with E-state index < -0.39 is 5.54 Å². The van der Waals surface area contributed by atoms with E-state index in [2.05, 4.69) is 17.4 Å². The van der Waals surface area contributed by atoms with Crippen LogP contribution >= 0.6 is 0 Å². The molecular formula is C23H26N2O2. The SMILES string of the molecule is COc1ccc(C(N)(CNCc2ccccc2)c2ccc(OC)cc2)cc1. The first-order valence-electron chi connectivity index (χ1n) is 8.98. The van der Waals surface area contributed by atoms with Gasteiger partial charge in [-0.25, -0.2) is 0 Å². The predicted octanol–water partition coefficient (Wildman–Crippen LogP) is 3.70. The summed E-state index contributed by atoms with van der Waals surface area (Å²) in [5, 5.41) is 3.51. The Labute approximate surface area is 160 Å². The fourth-order valence-electron chi connectivity index (χ4n) is 3.15. The second kappa shape index (κ2) is 8.71. The maximum absolute atomic E-state index is 6.94. The van der Waals surface area contributed by atoms with Crippen LogP contribution in [0.3, 0.4) is 0 Å². The average Bonchev–Trinajstić information content (AvgIpc) is 2.74. The minimum atomic E-state index is -0.673. The van der Waals surface area contributed by atoms with Gasteiger partial charge in [-0.1, -0.05) is 54.6 Å². The van der Waals surface area contributed by atoms with E-state index in [-0.39, 0.29) is 0 Å². The highest BCUT2D eigenvalue weighted by atomic mass is 16.5. The lowest BCUT2D eigenvalue weighted by molar-refractivity contribution is 0.412. The van der Waals surface area contributed by atoms with Gasteiger partial charge in [-0.2, -0.15) is 0 Å². The highest BCUT2D eigenvalue weighted by molar-refractivity contribution is 5.42. The van der Waals surface area contributed by atoms with E-state index in [1.807, 2.05) is 66.7 Å². The van der Waals surface area contributed by atoms with Crippen LogP contribution < -0.4 is 20.5 Å². The molecular weight excluding hydrogens is 336 g/mol. The van der Waals surface area contributed by atoms with E-state index in [1.54, 1.807) is 14.2 Å². The second-order valence-electron chi connectivity index (χ2n) is 6.52. The molecule has 0 bridgehead atoms. The molecule has 0 aliphatic heterocycles. The van der Waals surface area contributed by atoms with E-state index in [4.69, 9.17) is 15.2 Å². The molecule has 0 aliphatic carbocycles. The zero-order valence-electron chi connectivity index (χ0n) is 15.8. The molecule has 0 saturated carbocycles. The van der Waals surface area contributed by atoms with Crippen molar-refractivity contribution in [1.29, 1.82) is 0 Å². The summed E-state index contributed by atoms with van der Waals surface area (Å²) in [7, 11) is 3.32. The topological polar surface area (TPSA) is 56.5 Å². The molecule has 0 aromatic heterocycles. The summed E-state index contributed by atoms with van der Waals surface area (Å²) >= 11 is 0. The van der Waals surface area contributed by atoms with Crippen LogP contribution in [0.4, 0.5) is 0 Å². The largest absolute Gasteiger partial charge is 0.497 e. The molecule has 4 nitrogen and oxygen atoms in total. The van der Waals surface area contributed by atoms with Crippen molar-refractivity contribution < 1.29 is 9.47 Å². The number of benzene rings is 3. The van der Waals surface area contributed by atoms with Gasteiger partial charge >= 0.3 is 0 Å². The van der Waals surface area contributed by atoms with Crippen LogP contribution in [0.25, 0.3) is 0 Å². The number of ether oxygens (including phenoxy) is 2. The molecule has 3 aromatic rings. The van der Waals surface area contributed by atoms with Crippen LogP contribution in [-0.4, -0.2) is 20.8 Å². The first-order valence-corrected chi connectivity index (χ1v) is 8.98. The van der Waals surface area contributed by atoms with Gasteiger partial charge in [-0.15, -0.1) is 0 Å². The van der Waals surface area contributed by atoms with E-state index in [1.165, 1.54) is 5.56 Å². The molecule has 0 unspecified atom stereocenters. The molecule has 4 heteroatoms. The van der Waals surface area contributed by atoms with Gasteiger partial charge in [-0.05, 0) is 41.0 Å². The number of nitrogens with one attached hydrogen (secondary N) is 1. The number of rotatable bonds is 8. The molecule has 0 saturated heterocycles. The molecule has 0 radical (unpaired) electrons. The molecule has 0 spiro atoms. The Bertz CT molecular complexity index is 783. The first kappa shape index (κ1) is 19.0.